The molecule has 0 radical (unpaired) electrons. The van der Waals surface area contributed by atoms with Gasteiger partial charge >= 0.3 is 0 Å². The van der Waals surface area contributed by atoms with E-state index in [1.165, 1.54) is 18.4 Å². The van der Waals surface area contributed by atoms with Gasteiger partial charge in [-0.05, 0) is 55.5 Å². The zero-order valence-electron chi connectivity index (χ0n) is 13.4. The van der Waals surface area contributed by atoms with Gasteiger partial charge in [0.1, 0.15) is 5.82 Å². The Morgan fingerprint density at radius 1 is 1.21 bits per heavy atom. The zero-order chi connectivity index (χ0) is 16.5. The lowest BCUT2D eigenvalue weighted by atomic mass is 10.0. The van der Waals surface area contributed by atoms with Crippen LogP contribution in [0.1, 0.15) is 47.6 Å². The number of pyridine rings is 1. The number of hydrogen-bond donors (Lipinski definition) is 1. The molecule has 1 aliphatic heterocycles. The Bertz CT molecular complexity index is 760. The van der Waals surface area contributed by atoms with Gasteiger partial charge in [0.25, 0.3) is 5.91 Å². The predicted molar refractivity (Wildman–Crippen MR) is 98.0 cm³/mol. The molecule has 5 heteroatoms. The van der Waals surface area contributed by atoms with Gasteiger partial charge in [0.2, 0.25) is 0 Å². The number of nitrogens with one attached hydrogen (secondary N) is 1. The molecule has 4 rings (SSSR count). The normalized spacial score (nSPS) is 20.2. The minimum atomic E-state index is 0.0960. The lowest BCUT2D eigenvalue weighted by molar-refractivity contribution is 0.0735. The van der Waals surface area contributed by atoms with Crippen LogP contribution in [0.5, 0.6) is 0 Å². The van der Waals surface area contributed by atoms with Crippen LogP contribution in [0.3, 0.4) is 0 Å². The van der Waals surface area contributed by atoms with Gasteiger partial charge in [0.15, 0.2) is 0 Å². The fraction of sp³-hybridized carbons (Fsp3) is 0.368. The molecule has 1 N–H and O–H groups in total. The van der Waals surface area contributed by atoms with Crippen molar-refractivity contribution in [2.45, 2.75) is 37.8 Å². The van der Waals surface area contributed by atoms with Crippen LogP contribution in [0.25, 0.3) is 0 Å². The highest BCUT2D eigenvalue weighted by Gasteiger charge is 2.31. The fourth-order valence-electron chi connectivity index (χ4n) is 3.32. The second kappa shape index (κ2) is 6.55. The van der Waals surface area contributed by atoms with Gasteiger partial charge in [0, 0.05) is 28.8 Å². The van der Waals surface area contributed by atoms with Crippen molar-refractivity contribution < 1.29 is 4.79 Å². The van der Waals surface area contributed by atoms with Crippen molar-refractivity contribution in [1.82, 2.24) is 9.88 Å². The highest BCUT2D eigenvalue weighted by molar-refractivity contribution is 9.10. The molecule has 0 unspecified atom stereocenters. The molecule has 2 aliphatic rings. The molecular formula is C19H20BrN3O. The Hall–Kier alpha value is -1.88. The van der Waals surface area contributed by atoms with Crippen molar-refractivity contribution in [2.24, 2.45) is 0 Å². The quantitative estimate of drug-likeness (QED) is 0.848. The van der Waals surface area contributed by atoms with Crippen molar-refractivity contribution in [3.63, 3.8) is 0 Å². The van der Waals surface area contributed by atoms with E-state index in [9.17, 15) is 4.79 Å². The summed E-state index contributed by atoms with van der Waals surface area (Å²) in [6.07, 6.45) is 6.16. The third kappa shape index (κ3) is 3.31. The van der Waals surface area contributed by atoms with E-state index >= 15 is 0 Å². The van der Waals surface area contributed by atoms with E-state index in [0.29, 0.717) is 6.04 Å². The molecule has 1 saturated carbocycles. The summed E-state index contributed by atoms with van der Waals surface area (Å²) < 4.78 is 1.05. The first-order valence-corrected chi connectivity index (χ1v) is 9.29. The number of likely N-dealkylation sites (tertiary alicyclic amines) is 1. The molecule has 2 heterocycles. The van der Waals surface area contributed by atoms with Crippen molar-refractivity contribution in [3.8, 4) is 0 Å². The number of carbonyl (C=O) groups is 1. The van der Waals surface area contributed by atoms with Gasteiger partial charge in [-0.3, -0.25) is 4.79 Å². The van der Waals surface area contributed by atoms with Crippen LogP contribution in [0.2, 0.25) is 0 Å². The molecule has 1 aliphatic carbocycles. The smallest absolute Gasteiger partial charge is 0.254 e. The molecule has 0 bridgehead atoms. The minimum absolute atomic E-state index is 0.0960. The number of hydrogen-bond acceptors (Lipinski definition) is 3. The third-order valence-corrected chi connectivity index (χ3v) is 5.18. The number of carbonyl (C=O) groups excluding carboxylic acids is 1. The average Bonchev–Trinajstić information content (AvgIpc) is 3.26. The zero-order valence-corrected chi connectivity index (χ0v) is 15.0. The van der Waals surface area contributed by atoms with Gasteiger partial charge in [0.05, 0.1) is 6.04 Å². The molecule has 1 atom stereocenters. The molecule has 2 fully saturated rings. The molecule has 1 aromatic heterocycles. The second-order valence-electron chi connectivity index (χ2n) is 6.56. The maximum absolute atomic E-state index is 13.0. The van der Waals surface area contributed by atoms with E-state index in [2.05, 4.69) is 38.4 Å². The maximum atomic E-state index is 13.0. The summed E-state index contributed by atoms with van der Waals surface area (Å²) in [5.74, 6) is 0.903. The van der Waals surface area contributed by atoms with Gasteiger partial charge in [-0.1, -0.05) is 28.1 Å². The van der Waals surface area contributed by atoms with Crippen LogP contribution in [0, 0.1) is 0 Å². The molecule has 4 nitrogen and oxygen atoms in total. The number of halogens is 1. The van der Waals surface area contributed by atoms with Crippen LogP contribution >= 0.6 is 15.9 Å². The summed E-state index contributed by atoms with van der Waals surface area (Å²) in [7, 11) is 0. The van der Waals surface area contributed by atoms with Gasteiger partial charge in [-0.15, -0.1) is 0 Å². The van der Waals surface area contributed by atoms with Gasteiger partial charge in [-0.2, -0.15) is 0 Å². The van der Waals surface area contributed by atoms with Gasteiger partial charge in [-0.25, -0.2) is 4.98 Å². The predicted octanol–water partition coefficient (Wildman–Crippen LogP) is 4.40. The monoisotopic (exact) mass is 385 g/mol. The fourth-order valence-corrected chi connectivity index (χ4v) is 3.73. The van der Waals surface area contributed by atoms with Crippen LogP contribution in [-0.4, -0.2) is 28.4 Å². The largest absolute Gasteiger partial charge is 0.367 e. The van der Waals surface area contributed by atoms with E-state index in [1.807, 2.05) is 29.2 Å². The molecule has 1 saturated heterocycles. The number of aromatic nitrogens is 1. The standard InChI is InChI=1S/C19H20BrN3O/c20-15-4-1-3-13(11-15)17-5-2-10-23(17)19(24)14-8-9-21-18(12-14)22-16-6-7-16/h1,3-4,8-9,11-12,16-17H,2,5-7,10H2,(H,21,22)/t17-/m1/s1. The number of anilines is 1. The summed E-state index contributed by atoms with van der Waals surface area (Å²) in [6, 6.07) is 12.7. The molecule has 2 aromatic rings. The summed E-state index contributed by atoms with van der Waals surface area (Å²) in [5, 5.41) is 3.36. The first-order chi connectivity index (χ1) is 11.7. The Morgan fingerprint density at radius 3 is 2.88 bits per heavy atom. The summed E-state index contributed by atoms with van der Waals surface area (Å²) in [6.45, 7) is 0.809. The number of benzene rings is 1. The van der Waals surface area contributed by atoms with E-state index in [1.54, 1.807) is 6.20 Å². The Morgan fingerprint density at radius 2 is 2.08 bits per heavy atom. The van der Waals surface area contributed by atoms with Crippen LogP contribution in [0.4, 0.5) is 5.82 Å². The Balaban J connectivity index is 1.56. The van der Waals surface area contributed by atoms with Crippen molar-refractivity contribution in [2.75, 3.05) is 11.9 Å². The second-order valence-corrected chi connectivity index (χ2v) is 7.48. The van der Waals surface area contributed by atoms with Crippen molar-refractivity contribution >= 4 is 27.7 Å². The minimum Gasteiger partial charge on any atom is -0.367 e. The third-order valence-electron chi connectivity index (χ3n) is 4.68. The SMILES string of the molecule is O=C(c1ccnc(NC2CC2)c1)N1CCC[C@@H]1c1cccc(Br)c1. The molecule has 24 heavy (non-hydrogen) atoms. The van der Waals surface area contributed by atoms with E-state index in [-0.39, 0.29) is 11.9 Å². The Labute approximate surface area is 150 Å². The lowest BCUT2D eigenvalue weighted by Crippen LogP contribution is -2.30. The molecule has 1 aromatic carbocycles. The molecule has 124 valence electrons. The van der Waals surface area contributed by atoms with Crippen molar-refractivity contribution in [1.29, 1.82) is 0 Å². The van der Waals surface area contributed by atoms with Gasteiger partial charge < -0.3 is 10.2 Å². The highest BCUT2D eigenvalue weighted by Crippen LogP contribution is 2.34. The maximum Gasteiger partial charge on any atom is 0.254 e. The van der Waals surface area contributed by atoms with Crippen LogP contribution < -0.4 is 5.32 Å². The summed E-state index contributed by atoms with van der Waals surface area (Å²) in [4.78, 5) is 19.4. The number of rotatable bonds is 4. The topological polar surface area (TPSA) is 45.2 Å². The van der Waals surface area contributed by atoms with E-state index in [4.69, 9.17) is 0 Å². The molecular weight excluding hydrogens is 366 g/mol. The first kappa shape index (κ1) is 15.6. The highest BCUT2D eigenvalue weighted by atomic mass is 79.9. The summed E-state index contributed by atoms with van der Waals surface area (Å²) in [5.41, 5.74) is 1.91. The Kier molecular flexibility index (Phi) is 4.27. The number of nitrogens with zero attached hydrogens (tertiary/aromatic N) is 2. The van der Waals surface area contributed by atoms with Crippen LogP contribution in [-0.2, 0) is 0 Å². The van der Waals surface area contributed by atoms with Crippen molar-refractivity contribution in [3.05, 3.63) is 58.2 Å². The van der Waals surface area contributed by atoms with Crippen LogP contribution in [0.15, 0.2) is 47.1 Å². The van der Waals surface area contributed by atoms with E-state index in [0.717, 1.165) is 35.2 Å². The molecule has 1 amide bonds. The number of amides is 1. The van der Waals surface area contributed by atoms with E-state index < -0.39 is 0 Å². The summed E-state index contributed by atoms with van der Waals surface area (Å²) >= 11 is 3.53. The first-order valence-electron chi connectivity index (χ1n) is 8.50. The average molecular weight is 386 g/mol. The molecule has 0 spiro atoms. The lowest BCUT2D eigenvalue weighted by Gasteiger charge is -2.25.